The molecule has 28 heavy (non-hydrogen) atoms. The van der Waals surface area contributed by atoms with Gasteiger partial charge in [0, 0.05) is 12.1 Å². The van der Waals surface area contributed by atoms with E-state index < -0.39 is 12.7 Å². The molecule has 0 aliphatic heterocycles. The van der Waals surface area contributed by atoms with E-state index in [-0.39, 0.29) is 18.0 Å². The lowest BCUT2D eigenvalue weighted by atomic mass is 10.2. The van der Waals surface area contributed by atoms with E-state index >= 15 is 0 Å². The van der Waals surface area contributed by atoms with Gasteiger partial charge in [-0.25, -0.2) is 4.68 Å². The molecule has 0 radical (unpaired) electrons. The van der Waals surface area contributed by atoms with Gasteiger partial charge < -0.3 is 4.74 Å². The summed E-state index contributed by atoms with van der Waals surface area (Å²) in [5, 5.41) is 2.99. The van der Waals surface area contributed by atoms with Gasteiger partial charge in [0.25, 0.3) is 0 Å². The fraction of sp³-hybridized carbons (Fsp3) is 0.263. The highest BCUT2D eigenvalue weighted by Gasteiger charge is 2.31. The van der Waals surface area contributed by atoms with Gasteiger partial charge in [-0.2, -0.15) is 18.2 Å². The first-order valence-corrected chi connectivity index (χ1v) is 8.89. The summed E-state index contributed by atoms with van der Waals surface area (Å²) in [6.07, 6.45) is -4.32. The molecule has 0 aliphatic rings. The maximum absolute atomic E-state index is 13.0. The quantitative estimate of drug-likeness (QED) is 0.579. The second kappa shape index (κ2) is 8.57. The van der Waals surface area contributed by atoms with E-state index in [4.69, 9.17) is 17.0 Å². The Hall–Kier alpha value is -2.65. The Morgan fingerprint density at radius 2 is 1.79 bits per heavy atom. The number of ether oxygens (including phenoxy) is 1. The molecule has 0 spiro atoms. The van der Waals surface area contributed by atoms with E-state index in [1.807, 2.05) is 6.07 Å². The molecule has 1 aromatic heterocycles. The average Bonchev–Trinajstić information content (AvgIpc) is 3.02. The highest BCUT2D eigenvalue weighted by atomic mass is 32.1. The second-order valence-electron chi connectivity index (χ2n) is 6.24. The molecule has 3 aromatic rings. The van der Waals surface area contributed by atoms with Gasteiger partial charge in [0.1, 0.15) is 5.75 Å². The standard InChI is InChI=1S/C19H19F3N4OS/c1-27-16-9-7-15(8-10-16)17-23-18(28)26(24-17)13-25(12-19(20,21)22)11-14-5-3-2-4-6-14/h2-10H,11-13H2,1H3,(H,23,24,28). The van der Waals surface area contributed by atoms with E-state index in [0.717, 1.165) is 11.1 Å². The first-order valence-electron chi connectivity index (χ1n) is 8.48. The van der Waals surface area contributed by atoms with Gasteiger partial charge >= 0.3 is 6.18 Å². The van der Waals surface area contributed by atoms with Crippen molar-refractivity contribution in [3.63, 3.8) is 0 Å². The van der Waals surface area contributed by atoms with E-state index in [9.17, 15) is 13.2 Å². The monoisotopic (exact) mass is 408 g/mol. The molecule has 148 valence electrons. The van der Waals surface area contributed by atoms with Crippen molar-refractivity contribution in [2.75, 3.05) is 13.7 Å². The molecule has 5 nitrogen and oxygen atoms in total. The summed E-state index contributed by atoms with van der Waals surface area (Å²) in [4.78, 5) is 5.53. The van der Waals surface area contributed by atoms with Crippen molar-refractivity contribution in [2.45, 2.75) is 19.4 Å². The molecule has 3 rings (SSSR count). The maximum Gasteiger partial charge on any atom is 0.401 e. The molecule has 0 saturated carbocycles. The molecule has 9 heteroatoms. The van der Waals surface area contributed by atoms with Gasteiger partial charge in [0.15, 0.2) is 5.82 Å². The number of benzene rings is 2. The summed E-state index contributed by atoms with van der Waals surface area (Å²) < 4.78 is 45.9. The average molecular weight is 408 g/mol. The molecule has 1 N–H and O–H groups in total. The first kappa shape index (κ1) is 20.1. The van der Waals surface area contributed by atoms with Gasteiger partial charge in [-0.3, -0.25) is 10.00 Å². The molecule has 0 amide bonds. The number of aromatic amines is 1. The lowest BCUT2D eigenvalue weighted by Gasteiger charge is -2.23. The van der Waals surface area contributed by atoms with Gasteiger partial charge in [-0.05, 0) is 42.0 Å². The van der Waals surface area contributed by atoms with Crippen LogP contribution in [0.4, 0.5) is 13.2 Å². The molecule has 0 aliphatic carbocycles. The lowest BCUT2D eigenvalue weighted by molar-refractivity contribution is -0.151. The molecular formula is C19H19F3N4OS. The second-order valence-corrected chi connectivity index (χ2v) is 6.61. The first-order chi connectivity index (χ1) is 13.3. The third-order valence-electron chi connectivity index (χ3n) is 4.04. The van der Waals surface area contributed by atoms with Crippen LogP contribution in [0.2, 0.25) is 0 Å². The molecule has 0 saturated heterocycles. The zero-order valence-electron chi connectivity index (χ0n) is 15.1. The highest BCUT2D eigenvalue weighted by molar-refractivity contribution is 7.71. The van der Waals surface area contributed by atoms with Gasteiger partial charge in [0.05, 0.1) is 20.3 Å². The highest BCUT2D eigenvalue weighted by Crippen LogP contribution is 2.21. The number of H-pyrrole nitrogens is 1. The summed E-state index contributed by atoms with van der Waals surface area (Å²) in [6, 6.07) is 16.1. The van der Waals surface area contributed by atoms with E-state index in [1.54, 1.807) is 55.6 Å². The maximum atomic E-state index is 13.0. The predicted octanol–water partition coefficient (Wildman–Crippen LogP) is 4.64. The largest absolute Gasteiger partial charge is 0.497 e. The number of hydrogen-bond donors (Lipinski definition) is 1. The summed E-state index contributed by atoms with van der Waals surface area (Å²) in [6.45, 7) is -0.976. The Bertz CT molecular complexity index is 952. The Morgan fingerprint density at radius 3 is 2.39 bits per heavy atom. The van der Waals surface area contributed by atoms with Crippen LogP contribution >= 0.6 is 12.2 Å². The van der Waals surface area contributed by atoms with Crippen LogP contribution in [0.5, 0.6) is 5.75 Å². The SMILES string of the molecule is COc1ccc(-c2nc(=S)n(CN(Cc3ccccc3)CC(F)(F)F)[nH]2)cc1. The number of aromatic nitrogens is 3. The molecule has 1 heterocycles. The Balaban J connectivity index is 1.81. The normalized spacial score (nSPS) is 11.8. The number of nitrogens with one attached hydrogen (secondary N) is 1. The minimum absolute atomic E-state index is 0.0591. The smallest absolute Gasteiger partial charge is 0.401 e. The predicted molar refractivity (Wildman–Crippen MR) is 102 cm³/mol. The molecule has 0 fully saturated rings. The zero-order chi connectivity index (χ0) is 20.1. The van der Waals surface area contributed by atoms with E-state index in [1.165, 1.54) is 9.58 Å². The van der Waals surface area contributed by atoms with Crippen LogP contribution in [0, 0.1) is 4.77 Å². The van der Waals surface area contributed by atoms with Crippen molar-refractivity contribution in [3.05, 3.63) is 64.9 Å². The van der Waals surface area contributed by atoms with E-state index in [2.05, 4.69) is 10.1 Å². The molecular weight excluding hydrogens is 389 g/mol. The fourth-order valence-electron chi connectivity index (χ4n) is 2.78. The van der Waals surface area contributed by atoms with Crippen molar-refractivity contribution in [3.8, 4) is 17.1 Å². The number of halogens is 3. The molecule has 0 bridgehead atoms. The van der Waals surface area contributed by atoms with Crippen LogP contribution in [0.25, 0.3) is 11.4 Å². The van der Waals surface area contributed by atoms with Crippen LogP contribution in [0.1, 0.15) is 5.56 Å². The molecule has 2 aromatic carbocycles. The van der Waals surface area contributed by atoms with Crippen LogP contribution in [-0.4, -0.2) is 39.5 Å². The number of rotatable bonds is 7. The lowest BCUT2D eigenvalue weighted by Crippen LogP contribution is -2.35. The minimum Gasteiger partial charge on any atom is -0.497 e. The number of alkyl halides is 3. The van der Waals surface area contributed by atoms with Gasteiger partial charge in [-0.1, -0.05) is 30.3 Å². The van der Waals surface area contributed by atoms with Gasteiger partial charge in [-0.15, -0.1) is 0 Å². The van der Waals surface area contributed by atoms with Crippen LogP contribution in [0.3, 0.4) is 0 Å². The Labute approximate surface area is 165 Å². The Morgan fingerprint density at radius 1 is 1.11 bits per heavy atom. The summed E-state index contributed by atoms with van der Waals surface area (Å²) in [7, 11) is 1.57. The summed E-state index contributed by atoms with van der Waals surface area (Å²) in [5.74, 6) is 1.18. The van der Waals surface area contributed by atoms with Crippen molar-refractivity contribution < 1.29 is 17.9 Å². The van der Waals surface area contributed by atoms with Gasteiger partial charge in [0.2, 0.25) is 4.77 Å². The topological polar surface area (TPSA) is 46.1 Å². The van der Waals surface area contributed by atoms with Crippen LogP contribution in [0.15, 0.2) is 54.6 Å². The van der Waals surface area contributed by atoms with E-state index in [0.29, 0.717) is 11.6 Å². The third kappa shape index (κ3) is 5.43. The molecule has 0 atom stereocenters. The van der Waals surface area contributed by atoms with Crippen LogP contribution < -0.4 is 4.74 Å². The minimum atomic E-state index is -4.32. The van der Waals surface area contributed by atoms with Crippen molar-refractivity contribution in [1.29, 1.82) is 0 Å². The molecule has 0 unspecified atom stereocenters. The zero-order valence-corrected chi connectivity index (χ0v) is 15.9. The number of nitrogens with zero attached hydrogens (tertiary/aromatic N) is 3. The number of methoxy groups -OCH3 is 1. The van der Waals surface area contributed by atoms with Crippen LogP contribution in [-0.2, 0) is 13.2 Å². The summed E-state index contributed by atoms with van der Waals surface area (Å²) in [5.41, 5.74) is 1.55. The fourth-order valence-corrected chi connectivity index (χ4v) is 2.98. The third-order valence-corrected chi connectivity index (χ3v) is 4.35. The Kier molecular flexibility index (Phi) is 6.15. The van der Waals surface area contributed by atoms with Crippen molar-refractivity contribution >= 4 is 12.2 Å². The van der Waals surface area contributed by atoms with Crippen molar-refractivity contribution in [1.82, 2.24) is 19.7 Å². The number of hydrogen-bond acceptors (Lipinski definition) is 4. The summed E-state index contributed by atoms with van der Waals surface area (Å²) >= 11 is 5.23. The van der Waals surface area contributed by atoms with Crippen molar-refractivity contribution in [2.24, 2.45) is 0 Å².